The molecule has 0 aliphatic heterocycles. The van der Waals surface area contributed by atoms with Gasteiger partial charge in [0.15, 0.2) is 0 Å². The Labute approximate surface area is 105 Å². The van der Waals surface area contributed by atoms with Crippen LogP contribution >= 0.6 is 11.3 Å². The molecule has 0 radical (unpaired) electrons. The molecule has 0 bridgehead atoms. The predicted octanol–water partition coefficient (Wildman–Crippen LogP) is 1.89. The zero-order valence-electron chi connectivity index (χ0n) is 9.90. The number of hydrazine groups is 1. The van der Waals surface area contributed by atoms with Crippen LogP contribution in [0.1, 0.15) is 28.3 Å². The average molecular weight is 248 g/mol. The maximum absolute atomic E-state index is 5.95. The maximum atomic E-state index is 5.95. The van der Waals surface area contributed by atoms with E-state index in [-0.39, 0.29) is 6.04 Å². The third kappa shape index (κ3) is 2.17. The van der Waals surface area contributed by atoms with Gasteiger partial charge >= 0.3 is 0 Å². The lowest BCUT2D eigenvalue weighted by atomic mass is 9.96. The normalized spacial score (nSPS) is 12.6. The quantitative estimate of drug-likeness (QED) is 0.572. The number of hydrogen-bond donors (Lipinski definition) is 3. The van der Waals surface area contributed by atoms with Crippen molar-refractivity contribution in [1.82, 2.24) is 10.4 Å². The second kappa shape index (κ2) is 4.83. The minimum atomic E-state index is -0.102. The van der Waals surface area contributed by atoms with Gasteiger partial charge in [-0.1, -0.05) is 0 Å². The molecular formula is C12H16N4S. The zero-order chi connectivity index (χ0) is 12.4. The topological polar surface area (TPSA) is 77.0 Å². The first-order valence-electron chi connectivity index (χ1n) is 5.35. The smallest absolute Gasteiger partial charge is 0.128 e. The van der Waals surface area contributed by atoms with Gasteiger partial charge in [-0.3, -0.25) is 5.84 Å². The van der Waals surface area contributed by atoms with Crippen molar-refractivity contribution in [1.29, 1.82) is 0 Å². The molecule has 0 saturated carbocycles. The molecule has 2 aromatic heterocycles. The van der Waals surface area contributed by atoms with E-state index in [9.17, 15) is 0 Å². The summed E-state index contributed by atoms with van der Waals surface area (Å²) in [6.07, 6.45) is 1.71. The van der Waals surface area contributed by atoms with Crippen LogP contribution in [0.25, 0.3) is 0 Å². The summed E-state index contributed by atoms with van der Waals surface area (Å²) < 4.78 is 0. The first-order chi connectivity index (χ1) is 8.15. The Morgan fingerprint density at radius 3 is 2.59 bits per heavy atom. The van der Waals surface area contributed by atoms with Crippen LogP contribution in [0.4, 0.5) is 5.82 Å². The van der Waals surface area contributed by atoms with Crippen molar-refractivity contribution in [2.45, 2.75) is 19.9 Å². The second-order valence-corrected chi connectivity index (χ2v) is 4.78. The van der Waals surface area contributed by atoms with Crippen LogP contribution in [0.5, 0.6) is 0 Å². The van der Waals surface area contributed by atoms with Crippen LogP contribution in [-0.4, -0.2) is 4.98 Å². The number of nitrogens with one attached hydrogen (secondary N) is 1. The van der Waals surface area contributed by atoms with Crippen LogP contribution in [-0.2, 0) is 0 Å². The highest BCUT2D eigenvalue weighted by atomic mass is 32.1. The van der Waals surface area contributed by atoms with Crippen molar-refractivity contribution in [3.8, 4) is 0 Å². The van der Waals surface area contributed by atoms with E-state index in [4.69, 9.17) is 11.6 Å². The molecule has 0 saturated heterocycles. The molecule has 2 heterocycles. The lowest BCUT2D eigenvalue weighted by Gasteiger charge is -2.20. The molecule has 1 unspecified atom stereocenters. The van der Waals surface area contributed by atoms with Crippen LogP contribution < -0.4 is 17.0 Å². The molecule has 2 aromatic rings. The van der Waals surface area contributed by atoms with Crippen LogP contribution in [0, 0.1) is 13.8 Å². The number of nitrogen functional groups attached to an aromatic ring is 1. The lowest BCUT2D eigenvalue weighted by Crippen LogP contribution is -2.30. The van der Waals surface area contributed by atoms with Crippen molar-refractivity contribution in [2.24, 2.45) is 5.84 Å². The standard InChI is InChI=1S/C12H16N4S/c1-7-3-4-15-12(13)10(7)11(16-14)9-6-17-5-8(9)2/h3-6,11,16H,14H2,1-2H3,(H2,13,15). The molecule has 0 aromatic carbocycles. The fraction of sp³-hybridized carbons (Fsp3) is 0.250. The molecule has 90 valence electrons. The van der Waals surface area contributed by atoms with Crippen LogP contribution in [0.2, 0.25) is 0 Å². The fourth-order valence-electron chi connectivity index (χ4n) is 1.96. The lowest BCUT2D eigenvalue weighted by molar-refractivity contribution is 0.632. The van der Waals surface area contributed by atoms with E-state index in [1.54, 1.807) is 17.5 Å². The summed E-state index contributed by atoms with van der Waals surface area (Å²) in [5.74, 6) is 6.20. The molecular weight excluding hydrogens is 232 g/mol. The first kappa shape index (κ1) is 12.0. The Bertz CT molecular complexity index is 501. The van der Waals surface area contributed by atoms with E-state index >= 15 is 0 Å². The van der Waals surface area contributed by atoms with E-state index in [1.165, 1.54) is 5.56 Å². The molecule has 0 aliphatic rings. The Morgan fingerprint density at radius 2 is 2.06 bits per heavy atom. The van der Waals surface area contributed by atoms with Gasteiger partial charge in [0.1, 0.15) is 5.82 Å². The van der Waals surface area contributed by atoms with E-state index in [0.717, 1.165) is 16.7 Å². The number of thiophene rings is 1. The summed E-state index contributed by atoms with van der Waals surface area (Å²) in [7, 11) is 0. The number of aryl methyl sites for hydroxylation is 2. The van der Waals surface area contributed by atoms with Crippen molar-refractivity contribution in [3.05, 3.63) is 45.3 Å². The molecule has 0 amide bonds. The molecule has 1 atom stereocenters. The van der Waals surface area contributed by atoms with Gasteiger partial charge in [0.05, 0.1) is 6.04 Å². The molecule has 5 N–H and O–H groups in total. The van der Waals surface area contributed by atoms with E-state index in [1.807, 2.05) is 13.0 Å². The monoisotopic (exact) mass is 248 g/mol. The van der Waals surface area contributed by atoms with E-state index in [2.05, 4.69) is 28.1 Å². The minimum absolute atomic E-state index is 0.102. The van der Waals surface area contributed by atoms with Gasteiger partial charge in [0.25, 0.3) is 0 Å². The third-order valence-corrected chi connectivity index (χ3v) is 3.78. The zero-order valence-corrected chi connectivity index (χ0v) is 10.7. The average Bonchev–Trinajstić information content (AvgIpc) is 2.70. The van der Waals surface area contributed by atoms with Gasteiger partial charge < -0.3 is 5.73 Å². The summed E-state index contributed by atoms with van der Waals surface area (Å²) >= 11 is 1.66. The molecule has 0 spiro atoms. The summed E-state index contributed by atoms with van der Waals surface area (Å²) in [4.78, 5) is 4.13. The number of nitrogens with two attached hydrogens (primary N) is 2. The van der Waals surface area contributed by atoms with Crippen LogP contribution in [0.3, 0.4) is 0 Å². The number of rotatable bonds is 3. The van der Waals surface area contributed by atoms with E-state index < -0.39 is 0 Å². The number of aromatic nitrogens is 1. The van der Waals surface area contributed by atoms with Gasteiger partial charge in [0.2, 0.25) is 0 Å². The van der Waals surface area contributed by atoms with Crippen molar-refractivity contribution >= 4 is 17.2 Å². The SMILES string of the molecule is Cc1cscc1C(NN)c1c(C)ccnc1N. The summed E-state index contributed by atoms with van der Waals surface area (Å²) in [6.45, 7) is 4.08. The first-order valence-corrected chi connectivity index (χ1v) is 6.29. The highest BCUT2D eigenvalue weighted by Crippen LogP contribution is 2.31. The van der Waals surface area contributed by atoms with Gasteiger partial charge in [0, 0.05) is 11.8 Å². The summed E-state index contributed by atoms with van der Waals surface area (Å²) in [5, 5.41) is 4.19. The predicted molar refractivity (Wildman–Crippen MR) is 71.6 cm³/mol. The molecule has 0 fully saturated rings. The van der Waals surface area contributed by atoms with Gasteiger partial charge in [-0.2, -0.15) is 11.3 Å². The maximum Gasteiger partial charge on any atom is 0.128 e. The van der Waals surface area contributed by atoms with Crippen molar-refractivity contribution < 1.29 is 0 Å². The van der Waals surface area contributed by atoms with Gasteiger partial charge in [-0.15, -0.1) is 0 Å². The Kier molecular flexibility index (Phi) is 3.42. The highest BCUT2D eigenvalue weighted by molar-refractivity contribution is 7.08. The Balaban J connectivity index is 2.53. The van der Waals surface area contributed by atoms with Crippen molar-refractivity contribution in [3.63, 3.8) is 0 Å². The Hall–Kier alpha value is -1.43. The van der Waals surface area contributed by atoms with Gasteiger partial charge in [-0.05, 0) is 47.4 Å². The Morgan fingerprint density at radius 1 is 1.29 bits per heavy atom. The molecule has 4 nitrogen and oxygen atoms in total. The highest BCUT2D eigenvalue weighted by Gasteiger charge is 2.20. The second-order valence-electron chi connectivity index (χ2n) is 4.04. The fourth-order valence-corrected chi connectivity index (χ4v) is 2.84. The molecule has 2 rings (SSSR count). The third-order valence-electron chi connectivity index (χ3n) is 2.90. The molecule has 5 heteroatoms. The largest absolute Gasteiger partial charge is 0.383 e. The number of anilines is 1. The summed E-state index contributed by atoms with van der Waals surface area (Å²) in [6, 6.07) is 1.84. The van der Waals surface area contributed by atoms with E-state index in [0.29, 0.717) is 5.82 Å². The molecule has 17 heavy (non-hydrogen) atoms. The number of nitrogens with zero attached hydrogens (tertiary/aromatic N) is 1. The van der Waals surface area contributed by atoms with Crippen LogP contribution in [0.15, 0.2) is 23.0 Å². The summed E-state index contributed by atoms with van der Waals surface area (Å²) in [5.41, 5.74) is 13.2. The molecule has 0 aliphatic carbocycles. The number of hydrogen-bond acceptors (Lipinski definition) is 5. The van der Waals surface area contributed by atoms with Gasteiger partial charge in [-0.25, -0.2) is 10.4 Å². The minimum Gasteiger partial charge on any atom is -0.383 e. The van der Waals surface area contributed by atoms with Crippen molar-refractivity contribution in [2.75, 3.05) is 5.73 Å². The number of pyridine rings is 1.